The molecule has 33 heavy (non-hydrogen) atoms. The van der Waals surface area contributed by atoms with Gasteiger partial charge >= 0.3 is 0 Å². The normalized spacial score (nSPS) is 17.5. The van der Waals surface area contributed by atoms with E-state index in [0.717, 1.165) is 34.2 Å². The van der Waals surface area contributed by atoms with Crippen molar-refractivity contribution in [2.75, 3.05) is 12.0 Å². The van der Waals surface area contributed by atoms with Gasteiger partial charge < -0.3 is 9.84 Å². The van der Waals surface area contributed by atoms with Crippen LogP contribution in [0.25, 0.3) is 5.76 Å². The molecular weight excluding hydrogens is 428 g/mol. The number of aryl methyl sites for hydroxylation is 2. The first-order valence-electron chi connectivity index (χ1n) is 10.2. The Kier molecular flexibility index (Phi) is 5.72. The van der Waals surface area contributed by atoms with Crippen LogP contribution in [0.3, 0.4) is 0 Å². The largest absolute Gasteiger partial charge is 0.507 e. The molecule has 1 unspecified atom stereocenters. The molecule has 0 radical (unpaired) electrons. The Hall–Kier alpha value is -4.00. The highest BCUT2D eigenvalue weighted by Gasteiger charge is 2.48. The van der Waals surface area contributed by atoms with Gasteiger partial charge in [-0.15, -0.1) is 0 Å². The highest BCUT2D eigenvalue weighted by molar-refractivity contribution is 6.51. The van der Waals surface area contributed by atoms with E-state index in [0.29, 0.717) is 11.3 Å². The lowest BCUT2D eigenvalue weighted by Gasteiger charge is -2.26. The number of aliphatic hydroxyl groups is 1. The summed E-state index contributed by atoms with van der Waals surface area (Å²) in [6.07, 6.45) is 0. The number of ketones is 1. The van der Waals surface area contributed by atoms with Gasteiger partial charge in [-0.05, 0) is 48.7 Å². The van der Waals surface area contributed by atoms with Crippen molar-refractivity contribution < 1.29 is 28.2 Å². The standard InChI is InChI=1S/C26H21F2NO4/c1-14-11-15(2)25(33-3)18(12-14)23(30)21-22(16-7-5-4-6-8-16)29(26(32)24(21)31)20-13-17(27)9-10-19(20)28/h4-13,22,30H,1-3H3/b23-21+. The molecule has 1 N–H and O–H groups in total. The number of halogens is 2. The summed E-state index contributed by atoms with van der Waals surface area (Å²) in [4.78, 5) is 27.2. The van der Waals surface area contributed by atoms with Gasteiger partial charge in [-0.3, -0.25) is 14.5 Å². The molecule has 1 aliphatic heterocycles. The van der Waals surface area contributed by atoms with E-state index in [1.165, 1.54) is 7.11 Å². The van der Waals surface area contributed by atoms with Crippen molar-refractivity contribution >= 4 is 23.1 Å². The van der Waals surface area contributed by atoms with Crippen LogP contribution in [-0.2, 0) is 9.59 Å². The minimum absolute atomic E-state index is 0.230. The van der Waals surface area contributed by atoms with Gasteiger partial charge in [0.15, 0.2) is 0 Å². The van der Waals surface area contributed by atoms with E-state index >= 15 is 0 Å². The van der Waals surface area contributed by atoms with Gasteiger partial charge in [0.1, 0.15) is 23.1 Å². The Labute approximate surface area is 189 Å². The molecule has 0 spiro atoms. The lowest BCUT2D eigenvalue weighted by Crippen LogP contribution is -2.30. The summed E-state index contributed by atoms with van der Waals surface area (Å²) >= 11 is 0. The number of amides is 1. The quantitative estimate of drug-likeness (QED) is 0.337. The number of Topliss-reactive ketones (excluding diaryl/α,β-unsaturated/α-hetero) is 1. The van der Waals surface area contributed by atoms with Gasteiger partial charge in [0, 0.05) is 6.07 Å². The third kappa shape index (κ3) is 3.75. The van der Waals surface area contributed by atoms with Crippen LogP contribution < -0.4 is 9.64 Å². The lowest BCUT2D eigenvalue weighted by atomic mass is 9.93. The second-order valence-electron chi connectivity index (χ2n) is 7.84. The molecule has 1 amide bonds. The van der Waals surface area contributed by atoms with Crippen molar-refractivity contribution in [2.45, 2.75) is 19.9 Å². The molecule has 1 saturated heterocycles. The second kappa shape index (κ2) is 8.50. The maximum atomic E-state index is 14.7. The maximum absolute atomic E-state index is 14.7. The van der Waals surface area contributed by atoms with Crippen LogP contribution >= 0.6 is 0 Å². The highest BCUT2D eigenvalue weighted by atomic mass is 19.1. The zero-order valence-electron chi connectivity index (χ0n) is 18.2. The SMILES string of the molecule is COc1c(C)cc(C)cc1/C(O)=C1\C(=O)C(=O)N(c2cc(F)ccc2F)C1c1ccccc1. The van der Waals surface area contributed by atoms with Crippen LogP contribution in [-0.4, -0.2) is 23.9 Å². The molecule has 4 rings (SSSR count). The molecule has 3 aromatic rings. The highest BCUT2D eigenvalue weighted by Crippen LogP contribution is 2.44. The van der Waals surface area contributed by atoms with E-state index in [2.05, 4.69) is 0 Å². The molecule has 0 saturated carbocycles. The average Bonchev–Trinajstić information content (AvgIpc) is 3.05. The molecule has 0 aromatic heterocycles. The van der Waals surface area contributed by atoms with Crippen LogP contribution in [0, 0.1) is 25.5 Å². The first kappa shape index (κ1) is 22.2. The van der Waals surface area contributed by atoms with E-state index in [1.807, 2.05) is 13.0 Å². The summed E-state index contributed by atoms with van der Waals surface area (Å²) in [7, 11) is 1.43. The van der Waals surface area contributed by atoms with Crippen molar-refractivity contribution in [3.8, 4) is 5.75 Å². The summed E-state index contributed by atoms with van der Waals surface area (Å²) in [5.41, 5.74) is 1.58. The monoisotopic (exact) mass is 449 g/mol. The van der Waals surface area contributed by atoms with E-state index in [9.17, 15) is 23.5 Å². The van der Waals surface area contributed by atoms with Crippen LogP contribution in [0.5, 0.6) is 5.75 Å². The zero-order chi connectivity index (χ0) is 23.9. The fourth-order valence-corrected chi connectivity index (χ4v) is 4.25. The smallest absolute Gasteiger partial charge is 0.300 e. The van der Waals surface area contributed by atoms with E-state index in [-0.39, 0.29) is 11.1 Å². The van der Waals surface area contributed by atoms with E-state index < -0.39 is 40.8 Å². The summed E-state index contributed by atoms with van der Waals surface area (Å²) in [6, 6.07) is 13.4. The Morgan fingerprint density at radius 3 is 2.36 bits per heavy atom. The molecule has 168 valence electrons. The number of benzene rings is 3. The molecule has 5 nitrogen and oxygen atoms in total. The Balaban J connectivity index is 2.03. The average molecular weight is 449 g/mol. The van der Waals surface area contributed by atoms with Crippen LogP contribution in [0.1, 0.15) is 28.3 Å². The number of methoxy groups -OCH3 is 1. The number of ether oxygens (including phenoxy) is 1. The Morgan fingerprint density at radius 2 is 1.70 bits per heavy atom. The van der Waals surface area contributed by atoms with Crippen molar-refractivity contribution in [1.29, 1.82) is 0 Å². The Bertz CT molecular complexity index is 1300. The molecular formula is C26H21F2NO4. The minimum Gasteiger partial charge on any atom is -0.507 e. The summed E-state index contributed by atoms with van der Waals surface area (Å²) in [6.45, 7) is 3.61. The van der Waals surface area contributed by atoms with Gasteiger partial charge in [0.25, 0.3) is 11.7 Å². The first-order valence-corrected chi connectivity index (χ1v) is 10.2. The maximum Gasteiger partial charge on any atom is 0.300 e. The summed E-state index contributed by atoms with van der Waals surface area (Å²) < 4.78 is 34.2. The molecule has 1 aliphatic rings. The molecule has 1 atom stereocenters. The van der Waals surface area contributed by atoms with Crippen molar-refractivity contribution in [3.05, 3.63) is 100 Å². The molecule has 0 aliphatic carbocycles. The summed E-state index contributed by atoms with van der Waals surface area (Å²) in [5.74, 6) is -3.83. The van der Waals surface area contributed by atoms with Gasteiger partial charge in [-0.1, -0.05) is 36.4 Å². The fraction of sp³-hybridized carbons (Fsp3) is 0.154. The molecule has 1 heterocycles. The van der Waals surface area contributed by atoms with Crippen molar-refractivity contribution in [3.63, 3.8) is 0 Å². The third-order valence-electron chi connectivity index (χ3n) is 5.61. The van der Waals surface area contributed by atoms with Crippen molar-refractivity contribution in [1.82, 2.24) is 0 Å². The van der Waals surface area contributed by atoms with Crippen molar-refractivity contribution in [2.24, 2.45) is 0 Å². The number of hydrogen-bond acceptors (Lipinski definition) is 4. The number of rotatable bonds is 4. The number of hydrogen-bond donors (Lipinski definition) is 1. The molecule has 3 aromatic carbocycles. The number of nitrogens with zero attached hydrogens (tertiary/aromatic N) is 1. The minimum atomic E-state index is -1.17. The summed E-state index contributed by atoms with van der Waals surface area (Å²) in [5, 5.41) is 11.3. The van der Waals surface area contributed by atoms with Crippen LogP contribution in [0.2, 0.25) is 0 Å². The molecule has 1 fully saturated rings. The Morgan fingerprint density at radius 1 is 1.00 bits per heavy atom. The predicted molar refractivity (Wildman–Crippen MR) is 120 cm³/mol. The van der Waals surface area contributed by atoms with Gasteiger partial charge in [-0.2, -0.15) is 0 Å². The van der Waals surface area contributed by atoms with E-state index in [4.69, 9.17) is 4.74 Å². The third-order valence-corrected chi connectivity index (χ3v) is 5.61. The topological polar surface area (TPSA) is 66.8 Å². The fourth-order valence-electron chi connectivity index (χ4n) is 4.25. The van der Waals surface area contributed by atoms with Gasteiger partial charge in [-0.25, -0.2) is 8.78 Å². The van der Waals surface area contributed by atoms with Gasteiger partial charge in [0.2, 0.25) is 0 Å². The predicted octanol–water partition coefficient (Wildman–Crippen LogP) is 5.22. The second-order valence-corrected chi connectivity index (χ2v) is 7.84. The van der Waals surface area contributed by atoms with E-state index in [1.54, 1.807) is 43.3 Å². The van der Waals surface area contributed by atoms with Crippen LogP contribution in [0.4, 0.5) is 14.5 Å². The zero-order valence-corrected chi connectivity index (χ0v) is 18.2. The first-order chi connectivity index (χ1) is 15.7. The molecule has 0 bridgehead atoms. The number of carbonyl (C=O) groups is 2. The molecule has 7 heteroatoms. The number of anilines is 1. The number of carbonyl (C=O) groups excluding carboxylic acids is 2. The number of aliphatic hydroxyl groups excluding tert-OH is 1. The van der Waals surface area contributed by atoms with Gasteiger partial charge in [0.05, 0.1) is 30.0 Å². The lowest BCUT2D eigenvalue weighted by molar-refractivity contribution is -0.132. The van der Waals surface area contributed by atoms with Crippen LogP contribution in [0.15, 0.2) is 66.2 Å².